The second-order valence-electron chi connectivity index (χ2n) is 3.98. The van der Waals surface area contributed by atoms with Gasteiger partial charge >= 0.3 is 5.97 Å². The predicted molar refractivity (Wildman–Crippen MR) is 66.4 cm³/mol. The zero-order chi connectivity index (χ0) is 13.8. The first-order valence-electron chi connectivity index (χ1n) is 5.63. The fourth-order valence-corrected chi connectivity index (χ4v) is 1.65. The number of hydrogen-bond acceptors (Lipinski definition) is 5. The van der Waals surface area contributed by atoms with Crippen molar-refractivity contribution < 1.29 is 9.53 Å². The van der Waals surface area contributed by atoms with Gasteiger partial charge in [0.15, 0.2) is 5.69 Å². The number of carbonyl (C=O) groups is 1. The molecule has 1 heterocycles. The summed E-state index contributed by atoms with van der Waals surface area (Å²) in [5, 5.41) is 16.5. The van der Waals surface area contributed by atoms with Crippen LogP contribution < -0.4 is 0 Å². The molecule has 0 atom stereocenters. The summed E-state index contributed by atoms with van der Waals surface area (Å²) in [6, 6.07) is 9.23. The minimum absolute atomic E-state index is 0.219. The fraction of sp³-hybridized carbons (Fsp3) is 0.231. The van der Waals surface area contributed by atoms with E-state index in [1.54, 1.807) is 23.7 Å². The quantitative estimate of drug-likeness (QED) is 0.773. The maximum absolute atomic E-state index is 11.4. The van der Waals surface area contributed by atoms with Crippen molar-refractivity contribution >= 4 is 5.97 Å². The van der Waals surface area contributed by atoms with Crippen LogP contribution in [-0.2, 0) is 11.3 Å². The number of nitriles is 1. The third-order valence-electron chi connectivity index (χ3n) is 2.78. The Bertz CT molecular complexity index is 638. The molecule has 0 aliphatic carbocycles. The number of esters is 1. The number of aromatic nitrogens is 3. The molecule has 0 fully saturated rings. The Kier molecular flexibility index (Phi) is 3.57. The van der Waals surface area contributed by atoms with Gasteiger partial charge in [0.25, 0.3) is 0 Å². The molecule has 0 saturated heterocycles. The Morgan fingerprint density at radius 2 is 2.11 bits per heavy atom. The molecule has 0 radical (unpaired) electrons. The van der Waals surface area contributed by atoms with Gasteiger partial charge in [0, 0.05) is 0 Å². The van der Waals surface area contributed by atoms with E-state index in [4.69, 9.17) is 5.26 Å². The highest BCUT2D eigenvalue weighted by Gasteiger charge is 2.16. The summed E-state index contributed by atoms with van der Waals surface area (Å²) in [6.45, 7) is 2.25. The van der Waals surface area contributed by atoms with Crippen molar-refractivity contribution in [2.75, 3.05) is 7.11 Å². The van der Waals surface area contributed by atoms with E-state index in [1.165, 1.54) is 7.11 Å². The van der Waals surface area contributed by atoms with Crippen LogP contribution in [0.5, 0.6) is 0 Å². The SMILES string of the molecule is COC(=O)c1nnn(Cc2ccc(C#N)cc2)c1C. The minimum atomic E-state index is -0.497. The molecule has 1 aromatic carbocycles. The monoisotopic (exact) mass is 256 g/mol. The minimum Gasteiger partial charge on any atom is -0.464 e. The maximum Gasteiger partial charge on any atom is 0.360 e. The molecule has 2 rings (SSSR count). The second kappa shape index (κ2) is 5.31. The summed E-state index contributed by atoms with van der Waals surface area (Å²) in [4.78, 5) is 11.4. The highest BCUT2D eigenvalue weighted by Crippen LogP contribution is 2.09. The lowest BCUT2D eigenvalue weighted by Crippen LogP contribution is -2.07. The van der Waals surface area contributed by atoms with Crippen LogP contribution in [0, 0.1) is 18.3 Å². The largest absolute Gasteiger partial charge is 0.464 e. The van der Waals surface area contributed by atoms with Gasteiger partial charge in [-0.25, -0.2) is 9.48 Å². The van der Waals surface area contributed by atoms with Gasteiger partial charge in [0.1, 0.15) is 0 Å². The van der Waals surface area contributed by atoms with E-state index in [-0.39, 0.29) is 5.69 Å². The lowest BCUT2D eigenvalue weighted by Gasteiger charge is -2.03. The number of rotatable bonds is 3. The summed E-state index contributed by atoms with van der Waals surface area (Å²) in [7, 11) is 1.31. The first-order chi connectivity index (χ1) is 9.15. The Balaban J connectivity index is 2.22. The van der Waals surface area contributed by atoms with Crippen molar-refractivity contribution in [1.29, 1.82) is 5.26 Å². The standard InChI is InChI=1S/C13H12N4O2/c1-9-12(13(18)19-2)15-16-17(9)8-11-5-3-10(7-14)4-6-11/h3-6H,8H2,1-2H3. The zero-order valence-corrected chi connectivity index (χ0v) is 10.6. The Morgan fingerprint density at radius 1 is 1.42 bits per heavy atom. The maximum atomic E-state index is 11.4. The number of ether oxygens (including phenoxy) is 1. The Labute approximate surface area is 110 Å². The van der Waals surface area contributed by atoms with Gasteiger partial charge in [0.05, 0.1) is 31.0 Å². The van der Waals surface area contributed by atoms with Gasteiger partial charge in [-0.05, 0) is 24.6 Å². The molecular weight excluding hydrogens is 244 g/mol. The molecule has 0 spiro atoms. The molecule has 19 heavy (non-hydrogen) atoms. The van der Waals surface area contributed by atoms with E-state index in [0.717, 1.165) is 5.56 Å². The zero-order valence-electron chi connectivity index (χ0n) is 10.6. The molecule has 96 valence electrons. The van der Waals surface area contributed by atoms with Crippen LogP contribution in [0.2, 0.25) is 0 Å². The number of nitrogens with zero attached hydrogens (tertiary/aromatic N) is 4. The highest BCUT2D eigenvalue weighted by molar-refractivity contribution is 5.88. The molecule has 6 heteroatoms. The summed E-state index contributed by atoms with van der Waals surface area (Å²) >= 11 is 0. The number of hydrogen-bond donors (Lipinski definition) is 0. The first kappa shape index (κ1) is 12.8. The highest BCUT2D eigenvalue weighted by atomic mass is 16.5. The molecule has 0 bridgehead atoms. The number of benzene rings is 1. The van der Waals surface area contributed by atoms with Crippen LogP contribution in [0.25, 0.3) is 0 Å². The lowest BCUT2D eigenvalue weighted by molar-refractivity contribution is 0.0593. The van der Waals surface area contributed by atoms with Crippen LogP contribution in [0.3, 0.4) is 0 Å². The van der Waals surface area contributed by atoms with Gasteiger partial charge in [-0.1, -0.05) is 17.3 Å². The van der Waals surface area contributed by atoms with Crippen molar-refractivity contribution in [2.24, 2.45) is 0 Å². The summed E-state index contributed by atoms with van der Waals surface area (Å²) in [5.41, 5.74) is 2.45. The smallest absolute Gasteiger partial charge is 0.360 e. The molecule has 0 saturated carbocycles. The second-order valence-corrected chi connectivity index (χ2v) is 3.98. The third-order valence-corrected chi connectivity index (χ3v) is 2.78. The van der Waals surface area contributed by atoms with E-state index < -0.39 is 5.97 Å². The molecule has 0 N–H and O–H groups in total. The molecule has 1 aromatic heterocycles. The van der Waals surface area contributed by atoms with Crippen molar-refractivity contribution in [3.63, 3.8) is 0 Å². The normalized spacial score (nSPS) is 9.95. The van der Waals surface area contributed by atoms with Crippen LogP contribution in [0.15, 0.2) is 24.3 Å². The van der Waals surface area contributed by atoms with Gasteiger partial charge in [-0.3, -0.25) is 0 Å². The van der Waals surface area contributed by atoms with Crippen LogP contribution in [-0.4, -0.2) is 28.1 Å². The summed E-state index contributed by atoms with van der Waals surface area (Å²) in [6.07, 6.45) is 0. The first-order valence-corrected chi connectivity index (χ1v) is 5.63. The average molecular weight is 256 g/mol. The van der Waals surface area contributed by atoms with Gasteiger partial charge in [-0.2, -0.15) is 5.26 Å². The average Bonchev–Trinajstić information content (AvgIpc) is 2.80. The molecule has 0 aliphatic heterocycles. The molecule has 2 aromatic rings. The summed E-state index contributed by atoms with van der Waals surface area (Å²) < 4.78 is 6.24. The number of carbonyl (C=O) groups excluding carboxylic acids is 1. The summed E-state index contributed by atoms with van der Waals surface area (Å²) in [5.74, 6) is -0.497. The fourth-order valence-electron chi connectivity index (χ4n) is 1.65. The number of methoxy groups -OCH3 is 1. The van der Waals surface area contributed by atoms with Gasteiger partial charge < -0.3 is 4.74 Å². The third kappa shape index (κ3) is 2.60. The molecule has 0 amide bonds. The van der Waals surface area contributed by atoms with E-state index in [1.807, 2.05) is 12.1 Å². The van der Waals surface area contributed by atoms with E-state index in [9.17, 15) is 4.79 Å². The van der Waals surface area contributed by atoms with E-state index >= 15 is 0 Å². The van der Waals surface area contributed by atoms with Crippen molar-refractivity contribution in [3.05, 3.63) is 46.8 Å². The van der Waals surface area contributed by atoms with Crippen molar-refractivity contribution in [2.45, 2.75) is 13.5 Å². The Hall–Kier alpha value is -2.68. The van der Waals surface area contributed by atoms with Crippen molar-refractivity contribution in [3.8, 4) is 6.07 Å². The van der Waals surface area contributed by atoms with E-state index in [2.05, 4.69) is 21.1 Å². The van der Waals surface area contributed by atoms with E-state index in [0.29, 0.717) is 17.8 Å². The predicted octanol–water partition coefficient (Wildman–Crippen LogP) is 1.29. The van der Waals surface area contributed by atoms with Crippen molar-refractivity contribution in [1.82, 2.24) is 15.0 Å². The van der Waals surface area contributed by atoms with Gasteiger partial charge in [0.2, 0.25) is 0 Å². The van der Waals surface area contributed by atoms with Gasteiger partial charge in [-0.15, -0.1) is 5.10 Å². The Morgan fingerprint density at radius 3 is 2.68 bits per heavy atom. The molecule has 0 aliphatic rings. The molecule has 6 nitrogen and oxygen atoms in total. The lowest BCUT2D eigenvalue weighted by atomic mass is 10.1. The molecule has 0 unspecified atom stereocenters. The topological polar surface area (TPSA) is 80.8 Å². The van der Waals surface area contributed by atoms with Crippen LogP contribution in [0.1, 0.15) is 27.3 Å². The van der Waals surface area contributed by atoms with Crippen LogP contribution in [0.4, 0.5) is 0 Å². The van der Waals surface area contributed by atoms with Crippen LogP contribution >= 0.6 is 0 Å². The molecular formula is C13H12N4O2.